The molecule has 0 aliphatic rings. The van der Waals surface area contributed by atoms with Gasteiger partial charge in [-0.05, 0) is 11.1 Å². The highest BCUT2D eigenvalue weighted by atomic mass is 16.5. The fourth-order valence-electron chi connectivity index (χ4n) is 2.48. The molecule has 0 aliphatic heterocycles. The van der Waals surface area contributed by atoms with Crippen molar-refractivity contribution in [1.82, 2.24) is 9.78 Å². The molecule has 0 unspecified atom stereocenters. The molecule has 1 aromatic heterocycles. The van der Waals surface area contributed by atoms with Crippen LogP contribution < -0.4 is 5.32 Å². The maximum Gasteiger partial charge on any atom is 0.250 e. The first-order valence-electron chi connectivity index (χ1n) is 7.72. The monoisotopic (exact) mass is 321 g/mol. The van der Waals surface area contributed by atoms with E-state index in [1.165, 1.54) is 0 Å². The number of anilines is 1. The van der Waals surface area contributed by atoms with Crippen LogP contribution >= 0.6 is 0 Å². The van der Waals surface area contributed by atoms with Crippen molar-refractivity contribution in [3.8, 4) is 0 Å². The van der Waals surface area contributed by atoms with Crippen LogP contribution in [0, 0.1) is 0 Å². The molecule has 3 rings (SSSR count). The highest BCUT2D eigenvalue weighted by molar-refractivity contribution is 5.91. The maximum absolute atomic E-state index is 12.1. The van der Waals surface area contributed by atoms with E-state index in [0.29, 0.717) is 5.69 Å². The lowest BCUT2D eigenvalue weighted by atomic mass is 10.0. The SMILES string of the molecule is Cn1cc(NC(=O)COC(c2ccccc2)c2ccccc2)cn1. The molecule has 0 atom stereocenters. The van der Waals surface area contributed by atoms with Gasteiger partial charge in [0.2, 0.25) is 0 Å². The molecule has 0 fully saturated rings. The lowest BCUT2D eigenvalue weighted by Gasteiger charge is -2.18. The van der Waals surface area contributed by atoms with E-state index in [4.69, 9.17) is 4.74 Å². The Labute approximate surface area is 140 Å². The van der Waals surface area contributed by atoms with Crippen molar-refractivity contribution in [2.75, 3.05) is 11.9 Å². The molecular formula is C19H19N3O2. The lowest BCUT2D eigenvalue weighted by molar-refractivity contribution is -0.121. The number of carbonyl (C=O) groups is 1. The van der Waals surface area contributed by atoms with Gasteiger partial charge >= 0.3 is 0 Å². The van der Waals surface area contributed by atoms with Crippen molar-refractivity contribution in [1.29, 1.82) is 0 Å². The van der Waals surface area contributed by atoms with Crippen LogP contribution in [0.15, 0.2) is 73.1 Å². The zero-order valence-electron chi connectivity index (χ0n) is 13.4. The van der Waals surface area contributed by atoms with E-state index < -0.39 is 0 Å². The van der Waals surface area contributed by atoms with Crippen LogP contribution in [-0.4, -0.2) is 22.3 Å². The predicted octanol–water partition coefficient (Wildman–Crippen LogP) is 3.16. The molecule has 2 aromatic carbocycles. The van der Waals surface area contributed by atoms with E-state index in [1.807, 2.05) is 60.7 Å². The Hall–Kier alpha value is -2.92. The second-order valence-corrected chi connectivity index (χ2v) is 5.46. The van der Waals surface area contributed by atoms with Gasteiger partial charge in [-0.1, -0.05) is 60.7 Å². The third kappa shape index (κ3) is 4.08. The van der Waals surface area contributed by atoms with Gasteiger partial charge in [0, 0.05) is 13.2 Å². The van der Waals surface area contributed by atoms with Crippen LogP contribution in [0.1, 0.15) is 17.2 Å². The summed E-state index contributed by atoms with van der Waals surface area (Å²) in [5.74, 6) is -0.208. The average molecular weight is 321 g/mol. The second-order valence-electron chi connectivity index (χ2n) is 5.46. The molecule has 24 heavy (non-hydrogen) atoms. The minimum Gasteiger partial charge on any atom is -0.359 e. The largest absolute Gasteiger partial charge is 0.359 e. The Morgan fingerprint density at radius 2 is 1.67 bits per heavy atom. The third-order valence-corrected chi connectivity index (χ3v) is 3.57. The maximum atomic E-state index is 12.1. The molecule has 5 nitrogen and oxygen atoms in total. The topological polar surface area (TPSA) is 56.2 Å². The molecule has 1 amide bonds. The van der Waals surface area contributed by atoms with Crippen molar-refractivity contribution >= 4 is 11.6 Å². The number of nitrogens with one attached hydrogen (secondary N) is 1. The van der Waals surface area contributed by atoms with Crippen LogP contribution in [0.2, 0.25) is 0 Å². The average Bonchev–Trinajstić information content (AvgIpc) is 3.02. The summed E-state index contributed by atoms with van der Waals surface area (Å²) in [6.07, 6.45) is 3.06. The number of nitrogens with zero attached hydrogens (tertiary/aromatic N) is 2. The Morgan fingerprint density at radius 1 is 1.08 bits per heavy atom. The highest BCUT2D eigenvalue weighted by Gasteiger charge is 2.16. The summed E-state index contributed by atoms with van der Waals surface area (Å²) in [7, 11) is 1.80. The predicted molar refractivity (Wildman–Crippen MR) is 92.5 cm³/mol. The van der Waals surface area contributed by atoms with Gasteiger partial charge in [0.1, 0.15) is 12.7 Å². The quantitative estimate of drug-likeness (QED) is 0.759. The number of hydrogen-bond donors (Lipinski definition) is 1. The molecule has 3 aromatic rings. The van der Waals surface area contributed by atoms with Crippen LogP contribution in [0.25, 0.3) is 0 Å². The molecule has 1 heterocycles. The summed E-state index contributed by atoms with van der Waals surface area (Å²) in [5, 5.41) is 6.79. The van der Waals surface area contributed by atoms with E-state index in [2.05, 4.69) is 10.4 Å². The first kappa shape index (κ1) is 16.0. The normalized spacial score (nSPS) is 10.8. The van der Waals surface area contributed by atoms with E-state index in [9.17, 15) is 4.79 Å². The van der Waals surface area contributed by atoms with Gasteiger partial charge < -0.3 is 10.1 Å². The Kier molecular flexibility index (Phi) is 5.03. The summed E-state index contributed by atoms with van der Waals surface area (Å²) in [4.78, 5) is 12.1. The zero-order chi connectivity index (χ0) is 16.8. The number of amides is 1. The molecule has 0 radical (unpaired) electrons. The van der Waals surface area contributed by atoms with E-state index in [0.717, 1.165) is 11.1 Å². The molecule has 1 N–H and O–H groups in total. The van der Waals surface area contributed by atoms with Gasteiger partial charge in [-0.3, -0.25) is 9.48 Å². The molecule has 0 bridgehead atoms. The molecule has 0 saturated carbocycles. The fourth-order valence-corrected chi connectivity index (χ4v) is 2.48. The fraction of sp³-hybridized carbons (Fsp3) is 0.158. The summed E-state index contributed by atoms with van der Waals surface area (Å²) in [6.45, 7) is -0.0383. The summed E-state index contributed by atoms with van der Waals surface area (Å²) < 4.78 is 7.55. The van der Waals surface area contributed by atoms with Gasteiger partial charge in [-0.15, -0.1) is 0 Å². The molecule has 0 saturated heterocycles. The number of hydrogen-bond acceptors (Lipinski definition) is 3. The lowest BCUT2D eigenvalue weighted by Crippen LogP contribution is -2.20. The third-order valence-electron chi connectivity index (χ3n) is 3.57. The summed E-state index contributed by atoms with van der Waals surface area (Å²) in [6, 6.07) is 19.8. The first-order chi connectivity index (χ1) is 11.7. The van der Waals surface area contributed by atoms with Crippen molar-refractivity contribution in [2.24, 2.45) is 7.05 Å². The van der Waals surface area contributed by atoms with Crippen LogP contribution in [-0.2, 0) is 16.6 Å². The smallest absolute Gasteiger partial charge is 0.250 e. The zero-order valence-corrected chi connectivity index (χ0v) is 13.4. The van der Waals surface area contributed by atoms with Gasteiger partial charge in [0.25, 0.3) is 5.91 Å². The van der Waals surface area contributed by atoms with Crippen LogP contribution in [0.3, 0.4) is 0 Å². The molecular weight excluding hydrogens is 302 g/mol. The van der Waals surface area contributed by atoms with Gasteiger partial charge in [0.15, 0.2) is 0 Å². The van der Waals surface area contributed by atoms with Crippen molar-refractivity contribution in [2.45, 2.75) is 6.10 Å². The second kappa shape index (κ2) is 7.57. The number of aromatic nitrogens is 2. The van der Waals surface area contributed by atoms with Crippen LogP contribution in [0.5, 0.6) is 0 Å². The Morgan fingerprint density at radius 3 is 2.17 bits per heavy atom. The van der Waals surface area contributed by atoms with Crippen LogP contribution in [0.4, 0.5) is 5.69 Å². The van der Waals surface area contributed by atoms with Crippen molar-refractivity contribution in [3.05, 3.63) is 84.2 Å². The number of carbonyl (C=O) groups excluding carboxylic acids is 1. The number of aryl methyl sites for hydroxylation is 1. The van der Waals surface area contributed by atoms with E-state index in [1.54, 1.807) is 24.1 Å². The standard InChI is InChI=1S/C19H19N3O2/c1-22-13-17(12-20-22)21-18(23)14-24-19(15-8-4-2-5-9-15)16-10-6-3-7-11-16/h2-13,19H,14H2,1H3,(H,21,23). The minimum absolute atomic E-state index is 0.0383. The van der Waals surface area contributed by atoms with Gasteiger partial charge in [0.05, 0.1) is 11.9 Å². The first-order valence-corrected chi connectivity index (χ1v) is 7.72. The molecule has 122 valence electrons. The van der Waals surface area contributed by atoms with Gasteiger partial charge in [-0.2, -0.15) is 5.10 Å². The van der Waals surface area contributed by atoms with Crippen molar-refractivity contribution in [3.63, 3.8) is 0 Å². The molecule has 0 aliphatic carbocycles. The molecule has 0 spiro atoms. The summed E-state index contributed by atoms with van der Waals surface area (Å²) in [5.41, 5.74) is 2.68. The minimum atomic E-state index is -0.285. The van der Waals surface area contributed by atoms with Gasteiger partial charge in [-0.25, -0.2) is 0 Å². The van der Waals surface area contributed by atoms with E-state index in [-0.39, 0.29) is 18.6 Å². The molecule has 5 heteroatoms. The van der Waals surface area contributed by atoms with E-state index >= 15 is 0 Å². The Balaban J connectivity index is 1.69. The highest BCUT2D eigenvalue weighted by Crippen LogP contribution is 2.25. The summed E-state index contributed by atoms with van der Waals surface area (Å²) >= 11 is 0. The number of ether oxygens (including phenoxy) is 1. The number of rotatable bonds is 6. The number of benzene rings is 2. The Bertz CT molecular complexity index is 745. The van der Waals surface area contributed by atoms with Crippen molar-refractivity contribution < 1.29 is 9.53 Å².